The Morgan fingerprint density at radius 2 is 1.46 bits per heavy atom. The summed E-state index contributed by atoms with van der Waals surface area (Å²) in [6, 6.07) is 23.4. The van der Waals surface area contributed by atoms with Crippen LogP contribution < -0.4 is 5.32 Å². The van der Waals surface area contributed by atoms with Gasteiger partial charge in [0.05, 0.1) is 5.71 Å². The van der Waals surface area contributed by atoms with Crippen LogP contribution in [0.3, 0.4) is 0 Å². The number of carbonyl (C=O) groups excluding carboxylic acids is 2. The van der Waals surface area contributed by atoms with Gasteiger partial charge < -0.3 is 10.2 Å². The Hall–Kier alpha value is -4.14. The molecule has 0 spiro atoms. The number of aryl methyl sites for hydroxylation is 1. The molecule has 0 aromatic heterocycles. The smallest absolute Gasteiger partial charge is 0.374 e. The highest BCUT2D eigenvalue weighted by atomic mass is 35.5. The third-order valence-corrected chi connectivity index (χ3v) is 7.22. The zero-order valence-electron chi connectivity index (χ0n) is 21.4. The Kier molecular flexibility index (Phi) is 7.64. The van der Waals surface area contributed by atoms with Gasteiger partial charge in [-0.3, -0.25) is 9.59 Å². The van der Waals surface area contributed by atoms with Gasteiger partial charge in [0.2, 0.25) is 0 Å². The average molecular weight is 597 g/mol. The SMILES string of the molecule is Cc1ccc(C2=NOC(c3cc(Cl)cc(Cl)c3)(C(F)(F)F)C2)cc1NC(=O)c1ccc(C(=O)c2ccccc2)cc1. The van der Waals surface area contributed by atoms with Crippen molar-refractivity contribution in [2.45, 2.75) is 25.1 Å². The van der Waals surface area contributed by atoms with E-state index < -0.39 is 24.1 Å². The Morgan fingerprint density at radius 3 is 2.10 bits per heavy atom. The second kappa shape index (κ2) is 11.0. The summed E-state index contributed by atoms with van der Waals surface area (Å²) >= 11 is 12.0. The summed E-state index contributed by atoms with van der Waals surface area (Å²) in [6.45, 7) is 1.75. The third-order valence-electron chi connectivity index (χ3n) is 6.78. The standard InChI is InChI=1S/C31H21Cl2F3N2O3/c1-18-7-8-22(27-17-30(41-38-27,31(34,35)36)23-14-24(32)16-25(33)15-23)13-26(18)37-29(40)21-11-9-20(10-12-21)28(39)19-5-3-2-4-6-19/h2-16H,17H2,1H3,(H,37,40). The van der Waals surface area contributed by atoms with Crippen molar-refractivity contribution >= 4 is 46.3 Å². The maximum atomic E-state index is 14.4. The van der Waals surface area contributed by atoms with Crippen LogP contribution in [-0.4, -0.2) is 23.6 Å². The molecule has 208 valence electrons. The van der Waals surface area contributed by atoms with Crippen LogP contribution in [0.25, 0.3) is 0 Å². The number of nitrogens with one attached hydrogen (secondary N) is 1. The van der Waals surface area contributed by atoms with Crippen LogP contribution in [0.5, 0.6) is 0 Å². The first-order valence-electron chi connectivity index (χ1n) is 12.4. The van der Waals surface area contributed by atoms with Crippen molar-refractivity contribution in [3.8, 4) is 0 Å². The van der Waals surface area contributed by atoms with E-state index in [1.807, 2.05) is 6.07 Å². The van der Waals surface area contributed by atoms with Crippen LogP contribution in [0, 0.1) is 6.92 Å². The lowest BCUT2D eigenvalue weighted by atomic mass is 9.86. The van der Waals surface area contributed by atoms with Gasteiger partial charge in [0.1, 0.15) is 0 Å². The molecule has 0 bridgehead atoms. The summed E-state index contributed by atoms with van der Waals surface area (Å²) in [7, 11) is 0. The van der Waals surface area contributed by atoms with Gasteiger partial charge in [-0.1, -0.05) is 83.0 Å². The van der Waals surface area contributed by atoms with E-state index >= 15 is 0 Å². The molecule has 0 aliphatic carbocycles. The van der Waals surface area contributed by atoms with E-state index in [1.165, 1.54) is 18.2 Å². The minimum absolute atomic E-state index is 0.0333. The van der Waals surface area contributed by atoms with Crippen molar-refractivity contribution in [3.05, 3.63) is 134 Å². The van der Waals surface area contributed by atoms with Crippen LogP contribution in [0.15, 0.2) is 96.2 Å². The van der Waals surface area contributed by atoms with E-state index in [9.17, 15) is 22.8 Å². The molecule has 1 amide bonds. The average Bonchev–Trinajstić information content (AvgIpc) is 3.41. The molecular weight excluding hydrogens is 576 g/mol. The quantitative estimate of drug-likeness (QED) is 0.227. The zero-order chi connectivity index (χ0) is 29.4. The fourth-order valence-corrected chi connectivity index (χ4v) is 5.03. The van der Waals surface area contributed by atoms with Crippen LogP contribution in [0.2, 0.25) is 10.0 Å². The van der Waals surface area contributed by atoms with E-state index in [2.05, 4.69) is 10.5 Å². The molecule has 0 fully saturated rings. The van der Waals surface area contributed by atoms with Crippen molar-refractivity contribution < 1.29 is 27.6 Å². The number of benzene rings is 4. The number of oxime groups is 1. The van der Waals surface area contributed by atoms with Gasteiger partial charge in [-0.15, -0.1) is 0 Å². The second-order valence-electron chi connectivity index (χ2n) is 9.55. The van der Waals surface area contributed by atoms with Gasteiger partial charge in [-0.2, -0.15) is 13.2 Å². The lowest BCUT2D eigenvalue weighted by Crippen LogP contribution is -2.42. The number of halogens is 5. The van der Waals surface area contributed by atoms with E-state index in [-0.39, 0.29) is 27.1 Å². The Morgan fingerprint density at radius 1 is 0.854 bits per heavy atom. The Labute approximate surface area is 243 Å². The monoisotopic (exact) mass is 596 g/mol. The highest BCUT2D eigenvalue weighted by molar-refractivity contribution is 6.34. The molecule has 1 unspecified atom stereocenters. The van der Waals surface area contributed by atoms with E-state index in [0.29, 0.717) is 33.5 Å². The molecular formula is C31H21Cl2F3N2O3. The summed E-state index contributed by atoms with van der Waals surface area (Å²) in [5, 5.41) is 6.64. The number of nitrogens with zero attached hydrogens (tertiary/aromatic N) is 1. The maximum Gasteiger partial charge on any atom is 0.435 e. The predicted molar refractivity (Wildman–Crippen MR) is 152 cm³/mol. The van der Waals surface area contributed by atoms with Gasteiger partial charge >= 0.3 is 6.18 Å². The lowest BCUT2D eigenvalue weighted by molar-refractivity contribution is -0.275. The fraction of sp³-hybridized carbons (Fsp3) is 0.129. The van der Waals surface area contributed by atoms with E-state index in [0.717, 1.165) is 12.1 Å². The van der Waals surface area contributed by atoms with Gasteiger partial charge in [-0.05, 0) is 48.9 Å². The van der Waals surface area contributed by atoms with Crippen molar-refractivity contribution in [2.75, 3.05) is 5.32 Å². The minimum atomic E-state index is -4.83. The number of anilines is 1. The number of hydrogen-bond acceptors (Lipinski definition) is 4. The molecule has 5 rings (SSSR count). The molecule has 41 heavy (non-hydrogen) atoms. The summed E-state index contributed by atoms with van der Waals surface area (Å²) in [5.41, 5.74) is -0.332. The second-order valence-corrected chi connectivity index (χ2v) is 10.4. The summed E-state index contributed by atoms with van der Waals surface area (Å²) in [6.07, 6.45) is -5.46. The number of ketones is 1. The van der Waals surface area contributed by atoms with Crippen LogP contribution in [0.4, 0.5) is 18.9 Å². The van der Waals surface area contributed by atoms with Gasteiger partial charge in [0.25, 0.3) is 11.5 Å². The molecule has 4 aromatic rings. The molecule has 1 aliphatic rings. The molecule has 1 heterocycles. The maximum absolute atomic E-state index is 14.4. The Balaban J connectivity index is 1.36. The number of carbonyl (C=O) groups is 2. The first kappa shape index (κ1) is 28.4. The summed E-state index contributed by atoms with van der Waals surface area (Å²) < 4.78 is 43.1. The lowest BCUT2D eigenvalue weighted by Gasteiger charge is -2.29. The molecule has 0 saturated heterocycles. The van der Waals surface area contributed by atoms with Crippen LogP contribution in [-0.2, 0) is 10.4 Å². The molecule has 4 aromatic carbocycles. The number of amides is 1. The molecule has 1 atom stereocenters. The highest BCUT2D eigenvalue weighted by Crippen LogP contribution is 2.49. The molecule has 1 N–H and O–H groups in total. The minimum Gasteiger partial charge on any atom is -0.374 e. The van der Waals surface area contributed by atoms with Gasteiger partial charge in [0, 0.05) is 50.0 Å². The largest absolute Gasteiger partial charge is 0.435 e. The molecule has 0 radical (unpaired) electrons. The first-order valence-corrected chi connectivity index (χ1v) is 13.1. The van der Waals surface area contributed by atoms with Crippen molar-refractivity contribution in [2.24, 2.45) is 5.16 Å². The molecule has 0 saturated carbocycles. The summed E-state index contributed by atoms with van der Waals surface area (Å²) in [4.78, 5) is 30.7. The normalized spacial score (nSPS) is 16.6. The van der Waals surface area contributed by atoms with E-state index in [1.54, 1.807) is 61.5 Å². The number of alkyl halides is 3. The van der Waals surface area contributed by atoms with Crippen molar-refractivity contribution in [1.82, 2.24) is 0 Å². The Bertz CT molecular complexity index is 1650. The number of rotatable bonds is 6. The predicted octanol–water partition coefficient (Wildman–Crippen LogP) is 8.37. The summed E-state index contributed by atoms with van der Waals surface area (Å²) in [5.74, 6) is -0.623. The van der Waals surface area contributed by atoms with Crippen LogP contribution >= 0.6 is 23.2 Å². The third kappa shape index (κ3) is 5.71. The molecule has 1 aliphatic heterocycles. The fourth-order valence-electron chi connectivity index (χ4n) is 4.51. The number of hydrogen-bond donors (Lipinski definition) is 1. The topological polar surface area (TPSA) is 67.8 Å². The molecule has 5 nitrogen and oxygen atoms in total. The highest BCUT2D eigenvalue weighted by Gasteiger charge is 2.62. The van der Waals surface area contributed by atoms with Crippen molar-refractivity contribution in [3.63, 3.8) is 0 Å². The van der Waals surface area contributed by atoms with E-state index in [4.69, 9.17) is 28.0 Å². The van der Waals surface area contributed by atoms with Crippen molar-refractivity contribution in [1.29, 1.82) is 0 Å². The molecule has 10 heteroatoms. The zero-order valence-corrected chi connectivity index (χ0v) is 22.9. The van der Waals surface area contributed by atoms with Crippen LogP contribution in [0.1, 0.15) is 49.4 Å². The first-order chi connectivity index (χ1) is 19.5. The van der Waals surface area contributed by atoms with Gasteiger partial charge in [0.15, 0.2) is 5.78 Å². The van der Waals surface area contributed by atoms with Gasteiger partial charge in [-0.25, -0.2) is 0 Å².